The van der Waals surface area contributed by atoms with Crippen LogP contribution >= 0.6 is 27.7 Å². The van der Waals surface area contributed by atoms with Crippen molar-refractivity contribution >= 4 is 27.7 Å². The molecule has 5 nitrogen and oxygen atoms in total. The maximum Gasteiger partial charge on any atom is 0.213 e. The highest BCUT2D eigenvalue weighted by Gasteiger charge is 2.08. The predicted molar refractivity (Wildman–Crippen MR) is 79.0 cm³/mol. The Hall–Kier alpha value is -0.920. The summed E-state index contributed by atoms with van der Waals surface area (Å²) in [5, 5.41) is 15.6. The smallest absolute Gasteiger partial charge is 0.213 e. The van der Waals surface area contributed by atoms with Gasteiger partial charge in [-0.3, -0.25) is 0 Å². The molecule has 102 valence electrons. The third-order valence-corrected chi connectivity index (χ3v) is 4.52. The molecule has 0 spiro atoms. The Morgan fingerprint density at radius 1 is 1.42 bits per heavy atom. The summed E-state index contributed by atoms with van der Waals surface area (Å²) in [6.07, 6.45) is 0. The van der Waals surface area contributed by atoms with E-state index in [0.717, 1.165) is 21.1 Å². The normalized spacial score (nSPS) is 11.2. The molecule has 0 radical (unpaired) electrons. The molecule has 0 fully saturated rings. The van der Waals surface area contributed by atoms with Gasteiger partial charge in [-0.2, -0.15) is 0 Å². The van der Waals surface area contributed by atoms with Gasteiger partial charge in [0.25, 0.3) is 0 Å². The van der Waals surface area contributed by atoms with Crippen LogP contribution in [0.4, 0.5) is 0 Å². The van der Waals surface area contributed by atoms with Crippen molar-refractivity contribution in [2.45, 2.75) is 36.5 Å². The first-order valence-corrected chi connectivity index (χ1v) is 7.59. The van der Waals surface area contributed by atoms with Gasteiger partial charge in [-0.25, -0.2) is 4.68 Å². The Morgan fingerprint density at radius 2 is 2.21 bits per heavy atom. The molecule has 0 amide bonds. The highest BCUT2D eigenvalue weighted by molar-refractivity contribution is 9.10. The Morgan fingerprint density at radius 3 is 2.79 bits per heavy atom. The maximum absolute atomic E-state index is 3.97. The molecule has 0 aliphatic rings. The predicted octanol–water partition coefficient (Wildman–Crippen LogP) is 2.62. The number of aryl methyl sites for hydroxylation is 1. The van der Waals surface area contributed by atoms with E-state index in [1.54, 1.807) is 16.4 Å². The van der Waals surface area contributed by atoms with Crippen molar-refractivity contribution < 1.29 is 0 Å². The van der Waals surface area contributed by atoms with Crippen LogP contribution in [0.5, 0.6) is 0 Å². The van der Waals surface area contributed by atoms with E-state index in [4.69, 9.17) is 0 Å². The van der Waals surface area contributed by atoms with Crippen LogP contribution in [0.2, 0.25) is 0 Å². The first kappa shape index (κ1) is 14.5. The van der Waals surface area contributed by atoms with E-state index in [1.807, 2.05) is 7.05 Å². The zero-order valence-electron chi connectivity index (χ0n) is 11.1. The van der Waals surface area contributed by atoms with E-state index >= 15 is 0 Å². The number of nitrogens with one attached hydrogen (secondary N) is 1. The second-order valence-electron chi connectivity index (χ2n) is 4.49. The van der Waals surface area contributed by atoms with Crippen molar-refractivity contribution in [1.29, 1.82) is 0 Å². The van der Waals surface area contributed by atoms with Gasteiger partial charge in [0, 0.05) is 29.0 Å². The number of halogens is 1. The van der Waals surface area contributed by atoms with Gasteiger partial charge in [0.15, 0.2) is 0 Å². The van der Waals surface area contributed by atoms with E-state index < -0.39 is 0 Å². The van der Waals surface area contributed by atoms with Crippen molar-refractivity contribution in [3.63, 3.8) is 0 Å². The topological polar surface area (TPSA) is 55.6 Å². The van der Waals surface area contributed by atoms with Gasteiger partial charge in [0.1, 0.15) is 0 Å². The minimum Gasteiger partial charge on any atom is -0.310 e. The summed E-state index contributed by atoms with van der Waals surface area (Å²) in [6, 6.07) is 6.81. The molecule has 0 atom stereocenters. The summed E-state index contributed by atoms with van der Waals surface area (Å²) in [5.41, 5.74) is 1.25. The van der Waals surface area contributed by atoms with Crippen LogP contribution in [0.25, 0.3) is 0 Å². The first-order chi connectivity index (χ1) is 9.06. The number of rotatable bonds is 5. The number of aromatic nitrogens is 4. The quantitative estimate of drug-likeness (QED) is 0.905. The number of hydrogen-bond donors (Lipinski definition) is 1. The standard InChI is InChI=1S/C12H16BrN5S/c1-8(2)14-7-9-4-5-11(10(13)6-9)19-12-15-16-17-18(12)3/h4-6,8,14H,7H2,1-3H3. The fraction of sp³-hybridized carbons (Fsp3) is 0.417. The lowest BCUT2D eigenvalue weighted by Gasteiger charge is -2.10. The van der Waals surface area contributed by atoms with Crippen molar-refractivity contribution in [3.8, 4) is 0 Å². The Balaban J connectivity index is 2.09. The SMILES string of the molecule is CC(C)NCc1ccc(Sc2nnnn2C)c(Br)c1. The van der Waals surface area contributed by atoms with E-state index in [1.165, 1.54) is 5.56 Å². The summed E-state index contributed by atoms with van der Waals surface area (Å²) < 4.78 is 2.72. The summed E-state index contributed by atoms with van der Waals surface area (Å²) >= 11 is 5.14. The van der Waals surface area contributed by atoms with Crippen LogP contribution < -0.4 is 5.32 Å². The molecule has 0 saturated heterocycles. The second kappa shape index (κ2) is 6.49. The lowest BCUT2D eigenvalue weighted by molar-refractivity contribution is 0.588. The molecule has 2 aromatic rings. The second-order valence-corrected chi connectivity index (χ2v) is 6.35. The minimum atomic E-state index is 0.484. The van der Waals surface area contributed by atoms with Crippen molar-refractivity contribution in [2.24, 2.45) is 7.05 Å². The molecule has 0 aliphatic carbocycles. The number of nitrogens with zero attached hydrogens (tertiary/aromatic N) is 4. The largest absolute Gasteiger partial charge is 0.310 e. The van der Waals surface area contributed by atoms with Crippen LogP contribution in [0, 0.1) is 0 Å². The molecule has 0 unspecified atom stereocenters. The van der Waals surface area contributed by atoms with Gasteiger partial charge in [-0.05, 0) is 55.8 Å². The molecule has 1 aromatic carbocycles. The fourth-order valence-corrected chi connectivity index (χ4v) is 2.87. The molecular weight excluding hydrogens is 326 g/mol. The van der Waals surface area contributed by atoms with Gasteiger partial charge >= 0.3 is 0 Å². The van der Waals surface area contributed by atoms with Crippen LogP contribution in [0.1, 0.15) is 19.4 Å². The van der Waals surface area contributed by atoms with E-state index in [2.05, 4.69) is 68.8 Å². The highest BCUT2D eigenvalue weighted by atomic mass is 79.9. The monoisotopic (exact) mass is 341 g/mol. The molecule has 1 heterocycles. The Labute approximate surface area is 125 Å². The molecule has 2 rings (SSSR count). The summed E-state index contributed by atoms with van der Waals surface area (Å²) in [7, 11) is 1.83. The molecular formula is C12H16BrN5S. The third-order valence-electron chi connectivity index (χ3n) is 2.49. The molecule has 0 aliphatic heterocycles. The first-order valence-electron chi connectivity index (χ1n) is 5.98. The summed E-state index contributed by atoms with van der Waals surface area (Å²) in [4.78, 5) is 1.10. The van der Waals surface area contributed by atoms with Crippen LogP contribution in [-0.4, -0.2) is 26.2 Å². The summed E-state index contributed by atoms with van der Waals surface area (Å²) in [5.74, 6) is 0. The number of hydrogen-bond acceptors (Lipinski definition) is 5. The molecule has 0 bridgehead atoms. The zero-order chi connectivity index (χ0) is 13.8. The number of benzene rings is 1. The fourth-order valence-electron chi connectivity index (χ4n) is 1.47. The molecule has 1 N–H and O–H groups in total. The minimum absolute atomic E-state index is 0.484. The molecule has 0 saturated carbocycles. The van der Waals surface area contributed by atoms with Gasteiger partial charge in [0.05, 0.1) is 0 Å². The molecule has 1 aromatic heterocycles. The van der Waals surface area contributed by atoms with E-state index in [9.17, 15) is 0 Å². The van der Waals surface area contributed by atoms with E-state index in [0.29, 0.717) is 6.04 Å². The molecule has 7 heteroatoms. The molecule has 19 heavy (non-hydrogen) atoms. The average molecular weight is 342 g/mol. The Kier molecular flexibility index (Phi) is 4.95. The third kappa shape index (κ3) is 4.02. The van der Waals surface area contributed by atoms with Crippen molar-refractivity contribution in [1.82, 2.24) is 25.5 Å². The van der Waals surface area contributed by atoms with Crippen molar-refractivity contribution in [2.75, 3.05) is 0 Å². The van der Waals surface area contributed by atoms with Gasteiger partial charge in [0.2, 0.25) is 5.16 Å². The van der Waals surface area contributed by atoms with Crippen molar-refractivity contribution in [3.05, 3.63) is 28.2 Å². The average Bonchev–Trinajstić information content (AvgIpc) is 2.75. The van der Waals surface area contributed by atoms with Crippen LogP contribution in [0.3, 0.4) is 0 Å². The Bertz CT molecular complexity index is 555. The lowest BCUT2D eigenvalue weighted by atomic mass is 10.2. The lowest BCUT2D eigenvalue weighted by Crippen LogP contribution is -2.21. The van der Waals surface area contributed by atoms with Gasteiger partial charge < -0.3 is 5.32 Å². The van der Waals surface area contributed by atoms with Gasteiger partial charge in [-0.1, -0.05) is 19.9 Å². The van der Waals surface area contributed by atoms with Gasteiger partial charge in [-0.15, -0.1) is 5.10 Å². The number of tetrazole rings is 1. The van der Waals surface area contributed by atoms with E-state index in [-0.39, 0.29) is 0 Å². The highest BCUT2D eigenvalue weighted by Crippen LogP contribution is 2.32. The van der Waals surface area contributed by atoms with Crippen LogP contribution in [-0.2, 0) is 13.6 Å². The zero-order valence-corrected chi connectivity index (χ0v) is 13.5. The summed E-state index contributed by atoms with van der Waals surface area (Å²) in [6.45, 7) is 5.15. The maximum atomic E-state index is 3.97. The van der Waals surface area contributed by atoms with Crippen LogP contribution in [0.15, 0.2) is 32.7 Å².